The van der Waals surface area contributed by atoms with E-state index in [2.05, 4.69) is 5.32 Å². The first-order chi connectivity index (χ1) is 12.7. The molecule has 0 saturated heterocycles. The van der Waals surface area contributed by atoms with Gasteiger partial charge in [0, 0.05) is 17.3 Å². The Labute approximate surface area is 169 Å². The van der Waals surface area contributed by atoms with Crippen LogP contribution in [0.15, 0.2) is 41.0 Å². The van der Waals surface area contributed by atoms with Crippen LogP contribution >= 0.6 is 23.4 Å². The van der Waals surface area contributed by atoms with Gasteiger partial charge in [-0.3, -0.25) is 9.10 Å². The van der Waals surface area contributed by atoms with E-state index in [0.29, 0.717) is 23.0 Å². The number of halogens is 1. The van der Waals surface area contributed by atoms with Gasteiger partial charge in [-0.25, -0.2) is 8.42 Å². The molecule has 2 rings (SSSR count). The fourth-order valence-electron chi connectivity index (χ4n) is 2.56. The number of hydrogen-bond donors (Lipinski definition) is 1. The van der Waals surface area contributed by atoms with Gasteiger partial charge in [0.2, 0.25) is 15.9 Å². The van der Waals surface area contributed by atoms with Gasteiger partial charge in [0.05, 0.1) is 24.0 Å². The van der Waals surface area contributed by atoms with Crippen LogP contribution < -0.4 is 9.62 Å². The highest BCUT2D eigenvalue weighted by molar-refractivity contribution is 7.98. The quantitative estimate of drug-likeness (QED) is 0.616. The summed E-state index contributed by atoms with van der Waals surface area (Å²) in [4.78, 5) is 12.5. The van der Waals surface area contributed by atoms with E-state index in [1.807, 2.05) is 12.1 Å². The normalized spacial score (nSPS) is 12.6. The number of anilines is 1. The zero-order valence-corrected chi connectivity index (χ0v) is 17.8. The second-order valence-corrected chi connectivity index (χ2v) is 9.49. The van der Waals surface area contributed by atoms with Crippen molar-refractivity contribution in [3.05, 3.63) is 52.9 Å². The molecule has 1 N–H and O–H groups in total. The summed E-state index contributed by atoms with van der Waals surface area (Å²) in [5.74, 6) is 1.92. The summed E-state index contributed by atoms with van der Waals surface area (Å²) >= 11 is 7.65. The molecule has 1 amide bonds. The second kappa shape index (κ2) is 9.52. The van der Waals surface area contributed by atoms with E-state index in [0.717, 1.165) is 27.6 Å². The molecule has 27 heavy (non-hydrogen) atoms. The topological polar surface area (TPSA) is 79.6 Å². The van der Waals surface area contributed by atoms with Crippen molar-refractivity contribution in [2.45, 2.75) is 25.6 Å². The molecule has 0 radical (unpaired) electrons. The molecular weight excluding hydrogens is 408 g/mol. The number of carbonyl (C=O) groups is 1. The van der Waals surface area contributed by atoms with Crippen molar-refractivity contribution in [2.24, 2.45) is 0 Å². The molecule has 1 aromatic carbocycles. The van der Waals surface area contributed by atoms with Crippen molar-refractivity contribution in [2.75, 3.05) is 22.9 Å². The maximum absolute atomic E-state index is 12.5. The minimum absolute atomic E-state index is 0.363. The fourth-order valence-corrected chi connectivity index (χ4v) is 4.71. The fraction of sp³-hybridized carbons (Fsp3) is 0.389. The van der Waals surface area contributed by atoms with E-state index >= 15 is 0 Å². The number of furan rings is 1. The third-order valence-electron chi connectivity index (χ3n) is 3.87. The molecule has 148 valence electrons. The smallest absolute Gasteiger partial charge is 0.243 e. The molecule has 0 fully saturated rings. The SMILES string of the molecule is Cc1ccc(Cl)cc1N(C(C)C(=O)NCCSCc1ccco1)S(C)(=O)=O. The van der Waals surface area contributed by atoms with Crippen molar-refractivity contribution in [1.29, 1.82) is 0 Å². The summed E-state index contributed by atoms with van der Waals surface area (Å²) in [6.07, 6.45) is 2.70. The van der Waals surface area contributed by atoms with Crippen LogP contribution in [-0.2, 0) is 20.6 Å². The largest absolute Gasteiger partial charge is 0.468 e. The number of rotatable bonds is 9. The highest BCUT2D eigenvalue weighted by Gasteiger charge is 2.30. The molecule has 1 heterocycles. The first kappa shape index (κ1) is 21.7. The molecule has 1 atom stereocenters. The Hall–Kier alpha value is -1.64. The molecular formula is C18H23ClN2O4S2. The predicted molar refractivity (Wildman–Crippen MR) is 111 cm³/mol. The number of nitrogens with zero attached hydrogens (tertiary/aromatic N) is 1. The van der Waals surface area contributed by atoms with E-state index in [1.54, 1.807) is 50.1 Å². The average Bonchev–Trinajstić information content (AvgIpc) is 3.09. The summed E-state index contributed by atoms with van der Waals surface area (Å²) < 4.78 is 31.0. The lowest BCUT2D eigenvalue weighted by Gasteiger charge is -2.29. The summed E-state index contributed by atoms with van der Waals surface area (Å²) in [5, 5.41) is 3.20. The van der Waals surface area contributed by atoms with Crippen LogP contribution in [0.25, 0.3) is 0 Å². The minimum atomic E-state index is -3.67. The average molecular weight is 431 g/mol. The zero-order valence-electron chi connectivity index (χ0n) is 15.4. The predicted octanol–water partition coefficient (Wildman–Crippen LogP) is 3.45. The number of benzene rings is 1. The molecule has 1 aromatic heterocycles. The number of hydrogen-bond acceptors (Lipinski definition) is 5. The Morgan fingerprint density at radius 1 is 1.37 bits per heavy atom. The van der Waals surface area contributed by atoms with E-state index < -0.39 is 16.1 Å². The van der Waals surface area contributed by atoms with Crippen LogP contribution in [0, 0.1) is 6.92 Å². The lowest BCUT2D eigenvalue weighted by Crippen LogP contribution is -2.48. The first-order valence-electron chi connectivity index (χ1n) is 8.33. The number of nitrogens with one attached hydrogen (secondary N) is 1. The molecule has 0 saturated carbocycles. The van der Waals surface area contributed by atoms with Crippen molar-refractivity contribution in [3.8, 4) is 0 Å². The highest BCUT2D eigenvalue weighted by Crippen LogP contribution is 2.28. The highest BCUT2D eigenvalue weighted by atomic mass is 35.5. The van der Waals surface area contributed by atoms with Crippen molar-refractivity contribution < 1.29 is 17.6 Å². The van der Waals surface area contributed by atoms with Crippen molar-refractivity contribution in [1.82, 2.24) is 5.32 Å². The van der Waals surface area contributed by atoms with Gasteiger partial charge >= 0.3 is 0 Å². The molecule has 0 aliphatic heterocycles. The van der Waals surface area contributed by atoms with Gasteiger partial charge in [0.25, 0.3) is 0 Å². The molecule has 6 nitrogen and oxygen atoms in total. The Bertz CT molecular complexity index is 869. The maximum atomic E-state index is 12.5. The Kier molecular flexibility index (Phi) is 7.64. The van der Waals surface area contributed by atoms with Crippen LogP contribution in [-0.4, -0.2) is 38.9 Å². The minimum Gasteiger partial charge on any atom is -0.468 e. The second-order valence-electron chi connectivity index (χ2n) is 6.09. The van der Waals surface area contributed by atoms with Crippen LogP contribution in [0.3, 0.4) is 0 Å². The van der Waals surface area contributed by atoms with Crippen LogP contribution in [0.4, 0.5) is 5.69 Å². The summed E-state index contributed by atoms with van der Waals surface area (Å²) in [5.41, 5.74) is 1.12. The van der Waals surface area contributed by atoms with Crippen LogP contribution in [0.5, 0.6) is 0 Å². The van der Waals surface area contributed by atoms with E-state index in [1.165, 1.54) is 0 Å². The van der Waals surface area contributed by atoms with Gasteiger partial charge in [-0.2, -0.15) is 11.8 Å². The number of thioether (sulfide) groups is 1. The Morgan fingerprint density at radius 3 is 2.74 bits per heavy atom. The molecule has 0 aliphatic rings. The van der Waals surface area contributed by atoms with Gasteiger partial charge in [-0.15, -0.1) is 0 Å². The van der Waals surface area contributed by atoms with E-state index in [-0.39, 0.29) is 5.91 Å². The monoisotopic (exact) mass is 430 g/mol. The molecule has 0 aliphatic carbocycles. The zero-order chi connectivity index (χ0) is 20.0. The number of sulfonamides is 1. The molecule has 2 aromatic rings. The Balaban J connectivity index is 1.99. The van der Waals surface area contributed by atoms with E-state index in [9.17, 15) is 13.2 Å². The molecule has 0 bridgehead atoms. The number of amides is 1. The van der Waals surface area contributed by atoms with Gasteiger partial charge < -0.3 is 9.73 Å². The summed E-state index contributed by atoms with van der Waals surface area (Å²) in [6.45, 7) is 3.77. The first-order valence-corrected chi connectivity index (χ1v) is 11.7. The van der Waals surface area contributed by atoms with Gasteiger partial charge in [0.15, 0.2) is 0 Å². The summed E-state index contributed by atoms with van der Waals surface area (Å²) in [7, 11) is -3.67. The Morgan fingerprint density at radius 2 is 2.11 bits per heavy atom. The lowest BCUT2D eigenvalue weighted by atomic mass is 10.2. The standard InChI is InChI=1S/C18H23ClN2O4S2/c1-13-6-7-15(19)11-17(13)21(27(3,23)24)14(2)18(22)20-8-10-26-12-16-5-4-9-25-16/h4-7,9,11,14H,8,10,12H2,1-3H3,(H,20,22). The summed E-state index contributed by atoms with van der Waals surface area (Å²) in [6, 6.07) is 7.79. The van der Waals surface area contributed by atoms with Gasteiger partial charge in [-0.1, -0.05) is 17.7 Å². The van der Waals surface area contributed by atoms with Gasteiger partial charge in [0.1, 0.15) is 11.8 Å². The number of aryl methyl sites for hydroxylation is 1. The van der Waals surface area contributed by atoms with Crippen LogP contribution in [0.2, 0.25) is 5.02 Å². The molecule has 1 unspecified atom stereocenters. The van der Waals surface area contributed by atoms with Crippen molar-refractivity contribution >= 4 is 45.0 Å². The molecule has 9 heteroatoms. The van der Waals surface area contributed by atoms with E-state index in [4.69, 9.17) is 16.0 Å². The van der Waals surface area contributed by atoms with Crippen LogP contribution in [0.1, 0.15) is 18.2 Å². The van der Waals surface area contributed by atoms with Gasteiger partial charge in [-0.05, 0) is 43.7 Å². The lowest BCUT2D eigenvalue weighted by molar-refractivity contribution is -0.121. The van der Waals surface area contributed by atoms with Crippen molar-refractivity contribution in [3.63, 3.8) is 0 Å². The third-order valence-corrected chi connectivity index (χ3v) is 6.31. The molecule has 0 spiro atoms. The third kappa shape index (κ3) is 6.19. The maximum Gasteiger partial charge on any atom is 0.243 e. The number of carbonyl (C=O) groups excluding carboxylic acids is 1.